The molecule has 160 valence electrons. The van der Waals surface area contributed by atoms with Crippen LogP contribution in [-0.2, 0) is 4.79 Å². The van der Waals surface area contributed by atoms with E-state index in [4.69, 9.17) is 0 Å². The average molecular weight is 429 g/mol. The van der Waals surface area contributed by atoms with Crippen molar-refractivity contribution in [2.75, 3.05) is 39.0 Å². The highest BCUT2D eigenvalue weighted by molar-refractivity contribution is 7.12. The first-order chi connectivity index (χ1) is 14.5. The largest absolute Gasteiger partial charge is 0.352 e. The number of nitrogens with one attached hydrogen (secondary N) is 2. The average Bonchev–Trinajstić information content (AvgIpc) is 3.43. The Kier molecular flexibility index (Phi) is 7.59. The summed E-state index contributed by atoms with van der Waals surface area (Å²) < 4.78 is 0. The quantitative estimate of drug-likeness (QED) is 0.634. The molecule has 8 heteroatoms. The number of para-hydroxylation sites is 1. The highest BCUT2D eigenvalue weighted by Crippen LogP contribution is 2.20. The van der Waals surface area contributed by atoms with Gasteiger partial charge in [0.15, 0.2) is 0 Å². The molecule has 0 radical (unpaired) electrons. The van der Waals surface area contributed by atoms with Gasteiger partial charge < -0.3 is 15.5 Å². The van der Waals surface area contributed by atoms with E-state index in [1.807, 2.05) is 11.4 Å². The summed E-state index contributed by atoms with van der Waals surface area (Å²) in [7, 11) is 3.57. The van der Waals surface area contributed by atoms with Crippen LogP contribution in [0.3, 0.4) is 0 Å². The molecule has 2 aromatic rings. The molecule has 7 nitrogen and oxygen atoms in total. The number of carbonyl (C=O) groups is 3. The molecule has 1 aliphatic heterocycles. The number of anilines is 1. The minimum atomic E-state index is -0.226. The number of likely N-dealkylation sites (tertiary alicyclic amines) is 1. The van der Waals surface area contributed by atoms with Gasteiger partial charge in [-0.15, -0.1) is 11.3 Å². The highest BCUT2D eigenvalue weighted by Gasteiger charge is 2.31. The van der Waals surface area contributed by atoms with Gasteiger partial charge in [-0.3, -0.25) is 19.3 Å². The SMILES string of the molecule is CN(C)C(=O)[C@@H]1CCCN1CCCNC(=O)c1ccccc1NC(=O)c1cccs1. The Hall–Kier alpha value is -2.71. The topological polar surface area (TPSA) is 81.8 Å². The summed E-state index contributed by atoms with van der Waals surface area (Å²) >= 11 is 1.35. The standard InChI is InChI=1S/C22H28N4O3S/c1-25(2)22(29)18-10-5-13-26(18)14-7-12-23-20(27)16-8-3-4-9-17(16)24-21(28)19-11-6-15-30-19/h3-4,6,8-9,11,15,18H,5,7,10,12-14H2,1-2H3,(H,23,27)(H,24,28)/t18-/m0/s1. The van der Waals surface area contributed by atoms with Crippen LogP contribution in [0.1, 0.15) is 39.3 Å². The number of hydrogen-bond donors (Lipinski definition) is 2. The van der Waals surface area contributed by atoms with E-state index in [1.54, 1.807) is 49.3 Å². The van der Waals surface area contributed by atoms with Crippen LogP contribution in [0, 0.1) is 0 Å². The minimum absolute atomic E-state index is 0.0520. The number of rotatable bonds is 8. The number of benzene rings is 1. The normalized spacial score (nSPS) is 16.3. The fourth-order valence-corrected chi connectivity index (χ4v) is 4.25. The van der Waals surface area contributed by atoms with E-state index in [9.17, 15) is 14.4 Å². The predicted octanol–water partition coefficient (Wildman–Crippen LogP) is 2.67. The van der Waals surface area contributed by atoms with Crippen LogP contribution in [0.2, 0.25) is 0 Å². The van der Waals surface area contributed by atoms with Gasteiger partial charge in [0.1, 0.15) is 0 Å². The van der Waals surface area contributed by atoms with Gasteiger partial charge in [-0.1, -0.05) is 18.2 Å². The van der Waals surface area contributed by atoms with E-state index in [1.165, 1.54) is 11.3 Å². The Morgan fingerprint density at radius 1 is 1.13 bits per heavy atom. The molecule has 0 bridgehead atoms. The van der Waals surface area contributed by atoms with Gasteiger partial charge in [0.05, 0.1) is 22.2 Å². The first-order valence-electron chi connectivity index (χ1n) is 10.1. The van der Waals surface area contributed by atoms with Crippen molar-refractivity contribution in [3.8, 4) is 0 Å². The third kappa shape index (κ3) is 5.46. The Morgan fingerprint density at radius 2 is 1.93 bits per heavy atom. The van der Waals surface area contributed by atoms with Gasteiger partial charge >= 0.3 is 0 Å². The second-order valence-corrected chi connectivity index (χ2v) is 8.46. The number of likely N-dealkylation sites (N-methyl/N-ethyl adjacent to an activating group) is 1. The van der Waals surface area contributed by atoms with E-state index >= 15 is 0 Å². The fourth-order valence-electron chi connectivity index (χ4n) is 3.63. The highest BCUT2D eigenvalue weighted by atomic mass is 32.1. The summed E-state index contributed by atoms with van der Waals surface area (Å²) in [5.41, 5.74) is 0.925. The zero-order valence-corrected chi connectivity index (χ0v) is 18.2. The summed E-state index contributed by atoms with van der Waals surface area (Å²) in [6.07, 6.45) is 2.67. The minimum Gasteiger partial charge on any atom is -0.352 e. The molecule has 3 rings (SSSR count). The van der Waals surface area contributed by atoms with Crippen molar-refractivity contribution in [2.24, 2.45) is 0 Å². The second kappa shape index (κ2) is 10.4. The molecule has 1 aromatic heterocycles. The maximum atomic E-state index is 12.7. The van der Waals surface area contributed by atoms with Gasteiger partial charge in [-0.25, -0.2) is 0 Å². The Balaban J connectivity index is 1.51. The van der Waals surface area contributed by atoms with Crippen molar-refractivity contribution in [2.45, 2.75) is 25.3 Å². The van der Waals surface area contributed by atoms with Gasteiger partial charge in [0.2, 0.25) is 5.91 Å². The number of thiophene rings is 1. The number of amides is 3. The summed E-state index contributed by atoms with van der Waals surface area (Å²) in [4.78, 5) is 41.7. The summed E-state index contributed by atoms with van der Waals surface area (Å²) in [6, 6.07) is 10.5. The smallest absolute Gasteiger partial charge is 0.265 e. The van der Waals surface area contributed by atoms with Gasteiger partial charge in [0.25, 0.3) is 11.8 Å². The van der Waals surface area contributed by atoms with Crippen molar-refractivity contribution in [1.82, 2.24) is 15.1 Å². The number of hydrogen-bond acceptors (Lipinski definition) is 5. The summed E-state index contributed by atoms with van der Waals surface area (Å²) in [5, 5.41) is 7.58. The second-order valence-electron chi connectivity index (χ2n) is 7.51. The Morgan fingerprint density at radius 3 is 2.67 bits per heavy atom. The van der Waals surface area contributed by atoms with Crippen LogP contribution < -0.4 is 10.6 Å². The summed E-state index contributed by atoms with van der Waals surface area (Å²) in [5.74, 6) is -0.303. The van der Waals surface area contributed by atoms with E-state index in [0.717, 1.165) is 32.4 Å². The van der Waals surface area contributed by atoms with Gasteiger partial charge in [-0.05, 0) is 49.4 Å². The van der Waals surface area contributed by atoms with Crippen molar-refractivity contribution < 1.29 is 14.4 Å². The lowest BCUT2D eigenvalue weighted by Crippen LogP contribution is -2.43. The van der Waals surface area contributed by atoms with Crippen molar-refractivity contribution in [3.05, 3.63) is 52.2 Å². The molecule has 0 saturated carbocycles. The molecule has 1 aromatic carbocycles. The fraction of sp³-hybridized carbons (Fsp3) is 0.409. The molecule has 1 saturated heterocycles. The molecular weight excluding hydrogens is 400 g/mol. The number of carbonyl (C=O) groups excluding carboxylic acids is 3. The summed E-state index contributed by atoms with van der Waals surface area (Å²) in [6.45, 7) is 2.18. The van der Waals surface area contributed by atoms with E-state index in [2.05, 4.69) is 15.5 Å². The maximum absolute atomic E-state index is 12.7. The third-order valence-electron chi connectivity index (χ3n) is 5.16. The lowest BCUT2D eigenvalue weighted by molar-refractivity contribution is -0.133. The molecule has 1 aliphatic rings. The molecule has 2 heterocycles. The van der Waals surface area contributed by atoms with Gasteiger partial charge in [0, 0.05) is 27.2 Å². The lowest BCUT2D eigenvalue weighted by Gasteiger charge is -2.26. The van der Waals surface area contributed by atoms with Crippen LogP contribution >= 0.6 is 11.3 Å². The van der Waals surface area contributed by atoms with Crippen LogP contribution in [0.4, 0.5) is 5.69 Å². The van der Waals surface area contributed by atoms with Crippen LogP contribution in [-0.4, -0.2) is 67.3 Å². The van der Waals surface area contributed by atoms with E-state index in [0.29, 0.717) is 22.7 Å². The van der Waals surface area contributed by atoms with Gasteiger partial charge in [-0.2, -0.15) is 0 Å². The van der Waals surface area contributed by atoms with Crippen LogP contribution in [0.15, 0.2) is 41.8 Å². The third-order valence-corrected chi connectivity index (χ3v) is 6.03. The molecule has 0 spiro atoms. The molecule has 2 N–H and O–H groups in total. The molecule has 0 aliphatic carbocycles. The lowest BCUT2D eigenvalue weighted by atomic mass is 10.1. The Labute approximate surface area is 181 Å². The van der Waals surface area contributed by atoms with Crippen molar-refractivity contribution >= 4 is 34.7 Å². The van der Waals surface area contributed by atoms with Crippen LogP contribution in [0.5, 0.6) is 0 Å². The molecule has 1 fully saturated rings. The monoisotopic (exact) mass is 428 g/mol. The van der Waals surface area contributed by atoms with E-state index < -0.39 is 0 Å². The van der Waals surface area contributed by atoms with E-state index in [-0.39, 0.29) is 23.8 Å². The van der Waals surface area contributed by atoms with Crippen molar-refractivity contribution in [3.63, 3.8) is 0 Å². The van der Waals surface area contributed by atoms with Crippen LogP contribution in [0.25, 0.3) is 0 Å². The molecule has 3 amide bonds. The molecule has 1 atom stereocenters. The zero-order valence-electron chi connectivity index (χ0n) is 17.4. The first kappa shape index (κ1) is 22.0. The maximum Gasteiger partial charge on any atom is 0.265 e. The van der Waals surface area contributed by atoms with Crippen molar-refractivity contribution in [1.29, 1.82) is 0 Å². The molecule has 30 heavy (non-hydrogen) atoms. The Bertz CT molecular complexity index is 882. The molecule has 0 unspecified atom stereocenters. The molecular formula is C22H28N4O3S. The predicted molar refractivity (Wildman–Crippen MR) is 119 cm³/mol. The number of nitrogens with zero attached hydrogens (tertiary/aromatic N) is 2. The zero-order chi connectivity index (χ0) is 21.5. The first-order valence-corrected chi connectivity index (χ1v) is 11.0.